The lowest BCUT2D eigenvalue weighted by molar-refractivity contribution is 0.319. The quantitative estimate of drug-likeness (QED) is 0.793. The number of ether oxygens (including phenoxy) is 1. The summed E-state index contributed by atoms with van der Waals surface area (Å²) < 4.78 is 5.71. The molecule has 0 saturated carbocycles. The van der Waals surface area contributed by atoms with E-state index in [1.54, 1.807) is 0 Å². The van der Waals surface area contributed by atoms with Gasteiger partial charge in [0, 0.05) is 4.88 Å². The van der Waals surface area contributed by atoms with Crippen molar-refractivity contribution in [3.63, 3.8) is 0 Å². The van der Waals surface area contributed by atoms with Gasteiger partial charge in [0.1, 0.15) is 5.75 Å². The first kappa shape index (κ1) is 14.3. The number of fused-ring (bicyclic) bond motifs is 1. The minimum atomic E-state index is 0.365. The molecule has 0 saturated heterocycles. The highest BCUT2D eigenvalue weighted by molar-refractivity contribution is 7.10. The Morgan fingerprint density at radius 3 is 3.14 bits per heavy atom. The minimum absolute atomic E-state index is 0.365. The standard InChI is InChI=1S/C17H22N2OS/c1-2-10-20-15-7-3-6-14(17(15)18)19-13-5-4-8-16-12(13)9-11-21-16/h3,6-7,9,11,13,19H,2,4-5,8,10,18H2,1H3. The van der Waals surface area contributed by atoms with E-state index in [1.807, 2.05) is 29.5 Å². The molecule has 1 aromatic heterocycles. The molecule has 3 nitrogen and oxygen atoms in total. The van der Waals surface area contributed by atoms with E-state index in [-0.39, 0.29) is 0 Å². The number of rotatable bonds is 5. The molecule has 1 heterocycles. The maximum Gasteiger partial charge on any atom is 0.144 e. The zero-order chi connectivity index (χ0) is 14.7. The Kier molecular flexibility index (Phi) is 4.34. The highest BCUT2D eigenvalue weighted by Gasteiger charge is 2.21. The number of benzene rings is 1. The van der Waals surface area contributed by atoms with Crippen LogP contribution in [-0.4, -0.2) is 6.61 Å². The number of nitrogens with two attached hydrogens (primary N) is 1. The van der Waals surface area contributed by atoms with Crippen molar-refractivity contribution in [2.24, 2.45) is 0 Å². The summed E-state index contributed by atoms with van der Waals surface area (Å²) in [7, 11) is 0. The van der Waals surface area contributed by atoms with Crippen LogP contribution < -0.4 is 15.8 Å². The lowest BCUT2D eigenvalue weighted by Gasteiger charge is -2.25. The summed E-state index contributed by atoms with van der Waals surface area (Å²) in [6.45, 7) is 2.80. The van der Waals surface area contributed by atoms with E-state index in [0.29, 0.717) is 18.3 Å². The van der Waals surface area contributed by atoms with Gasteiger partial charge in [-0.3, -0.25) is 0 Å². The Morgan fingerprint density at radius 2 is 2.29 bits per heavy atom. The summed E-state index contributed by atoms with van der Waals surface area (Å²) in [6.07, 6.45) is 4.58. The number of para-hydroxylation sites is 1. The molecule has 1 aromatic carbocycles. The van der Waals surface area contributed by atoms with Crippen molar-refractivity contribution in [2.45, 2.75) is 38.6 Å². The van der Waals surface area contributed by atoms with E-state index in [2.05, 4.69) is 23.7 Å². The van der Waals surface area contributed by atoms with Gasteiger partial charge < -0.3 is 15.8 Å². The van der Waals surface area contributed by atoms with Crippen molar-refractivity contribution in [3.05, 3.63) is 40.1 Å². The molecular weight excluding hydrogens is 280 g/mol. The Balaban J connectivity index is 1.80. The van der Waals surface area contributed by atoms with Crippen LogP contribution in [0.2, 0.25) is 0 Å². The smallest absolute Gasteiger partial charge is 0.144 e. The third-order valence-corrected chi connectivity index (χ3v) is 4.91. The molecule has 1 aliphatic carbocycles. The summed E-state index contributed by atoms with van der Waals surface area (Å²) in [5, 5.41) is 5.80. The van der Waals surface area contributed by atoms with Gasteiger partial charge in [-0.15, -0.1) is 11.3 Å². The van der Waals surface area contributed by atoms with Crippen LogP contribution in [0, 0.1) is 0 Å². The summed E-state index contributed by atoms with van der Waals surface area (Å²) in [5.41, 5.74) is 9.38. The Bertz CT molecular complexity index is 609. The monoisotopic (exact) mass is 302 g/mol. The lowest BCUT2D eigenvalue weighted by Crippen LogP contribution is -2.16. The van der Waals surface area contributed by atoms with Crippen molar-refractivity contribution in [2.75, 3.05) is 17.7 Å². The molecule has 21 heavy (non-hydrogen) atoms. The zero-order valence-electron chi connectivity index (χ0n) is 12.4. The Hall–Kier alpha value is -1.68. The predicted octanol–water partition coefficient (Wildman–Crippen LogP) is 4.61. The number of thiophene rings is 1. The van der Waals surface area contributed by atoms with Crippen molar-refractivity contribution < 1.29 is 4.74 Å². The van der Waals surface area contributed by atoms with Crippen molar-refractivity contribution in [1.29, 1.82) is 0 Å². The van der Waals surface area contributed by atoms with Crippen molar-refractivity contribution >= 4 is 22.7 Å². The average Bonchev–Trinajstić information content (AvgIpc) is 2.98. The van der Waals surface area contributed by atoms with Gasteiger partial charge in [-0.25, -0.2) is 0 Å². The summed E-state index contributed by atoms with van der Waals surface area (Å²) >= 11 is 1.86. The topological polar surface area (TPSA) is 47.3 Å². The molecule has 0 aliphatic heterocycles. The van der Waals surface area contributed by atoms with E-state index in [0.717, 1.165) is 24.3 Å². The van der Waals surface area contributed by atoms with E-state index < -0.39 is 0 Å². The first-order valence-electron chi connectivity index (χ1n) is 7.63. The van der Waals surface area contributed by atoms with Gasteiger partial charge in [0.05, 0.1) is 24.0 Å². The second-order valence-electron chi connectivity index (χ2n) is 5.45. The largest absolute Gasteiger partial charge is 0.491 e. The third-order valence-electron chi connectivity index (χ3n) is 3.91. The van der Waals surface area contributed by atoms with Gasteiger partial charge in [-0.1, -0.05) is 13.0 Å². The van der Waals surface area contributed by atoms with Crippen LogP contribution in [0.15, 0.2) is 29.6 Å². The van der Waals surface area contributed by atoms with Crippen molar-refractivity contribution in [3.8, 4) is 5.75 Å². The molecule has 1 aliphatic rings. The molecule has 1 unspecified atom stereocenters. The highest BCUT2D eigenvalue weighted by atomic mass is 32.1. The minimum Gasteiger partial charge on any atom is -0.491 e. The molecule has 2 aromatic rings. The number of nitrogen functional groups attached to an aromatic ring is 1. The van der Waals surface area contributed by atoms with E-state index in [4.69, 9.17) is 10.5 Å². The average molecular weight is 302 g/mol. The predicted molar refractivity (Wildman–Crippen MR) is 90.3 cm³/mol. The number of hydrogen-bond donors (Lipinski definition) is 2. The van der Waals surface area contributed by atoms with Gasteiger partial charge in [0.15, 0.2) is 0 Å². The summed E-state index contributed by atoms with van der Waals surface area (Å²) in [5.74, 6) is 0.781. The van der Waals surface area contributed by atoms with Crippen LogP contribution >= 0.6 is 11.3 Å². The molecule has 0 fully saturated rings. The molecule has 0 radical (unpaired) electrons. The number of anilines is 2. The summed E-state index contributed by atoms with van der Waals surface area (Å²) in [6, 6.07) is 8.58. The maximum atomic E-state index is 6.25. The fraction of sp³-hybridized carbons (Fsp3) is 0.412. The molecule has 1 atom stereocenters. The van der Waals surface area contributed by atoms with Gasteiger partial charge >= 0.3 is 0 Å². The zero-order valence-corrected chi connectivity index (χ0v) is 13.2. The fourth-order valence-corrected chi connectivity index (χ4v) is 3.82. The van der Waals surface area contributed by atoms with Gasteiger partial charge in [0.2, 0.25) is 0 Å². The van der Waals surface area contributed by atoms with E-state index in [9.17, 15) is 0 Å². The van der Waals surface area contributed by atoms with Gasteiger partial charge in [-0.2, -0.15) is 0 Å². The highest BCUT2D eigenvalue weighted by Crippen LogP contribution is 2.38. The Morgan fingerprint density at radius 1 is 1.38 bits per heavy atom. The second-order valence-corrected chi connectivity index (χ2v) is 6.45. The van der Waals surface area contributed by atoms with Crippen LogP contribution in [0.25, 0.3) is 0 Å². The summed E-state index contributed by atoms with van der Waals surface area (Å²) in [4.78, 5) is 1.51. The molecule has 3 N–H and O–H groups in total. The first-order valence-corrected chi connectivity index (χ1v) is 8.51. The molecule has 3 rings (SSSR count). The molecule has 0 amide bonds. The van der Waals surface area contributed by atoms with Crippen molar-refractivity contribution in [1.82, 2.24) is 0 Å². The van der Waals surface area contributed by atoms with E-state index in [1.165, 1.54) is 23.3 Å². The third kappa shape index (κ3) is 3.00. The number of nitrogens with one attached hydrogen (secondary N) is 1. The molecule has 112 valence electrons. The molecule has 0 bridgehead atoms. The normalized spacial score (nSPS) is 17.3. The second kappa shape index (κ2) is 6.39. The number of aryl methyl sites for hydroxylation is 1. The number of hydrogen-bond acceptors (Lipinski definition) is 4. The lowest BCUT2D eigenvalue weighted by atomic mass is 9.94. The van der Waals surface area contributed by atoms with Crippen LogP contribution in [-0.2, 0) is 6.42 Å². The van der Waals surface area contributed by atoms with Crippen LogP contribution in [0.3, 0.4) is 0 Å². The molecule has 4 heteroatoms. The van der Waals surface area contributed by atoms with E-state index >= 15 is 0 Å². The maximum absolute atomic E-state index is 6.25. The molecule has 0 spiro atoms. The fourth-order valence-electron chi connectivity index (χ4n) is 2.83. The van der Waals surface area contributed by atoms with Crippen LogP contribution in [0.5, 0.6) is 5.75 Å². The van der Waals surface area contributed by atoms with Gasteiger partial charge in [-0.05, 0) is 54.8 Å². The SMILES string of the molecule is CCCOc1cccc(NC2CCCc3sccc32)c1N. The van der Waals surface area contributed by atoms with Crippen LogP contribution in [0.1, 0.15) is 42.7 Å². The Labute approximate surface area is 130 Å². The molecular formula is C17H22N2OS. The van der Waals surface area contributed by atoms with Gasteiger partial charge in [0.25, 0.3) is 0 Å². The van der Waals surface area contributed by atoms with Crippen LogP contribution in [0.4, 0.5) is 11.4 Å². The first-order chi connectivity index (χ1) is 10.3.